The molecule has 0 fully saturated rings. The first-order valence-corrected chi connectivity index (χ1v) is 6.21. The van der Waals surface area contributed by atoms with Crippen LogP contribution in [0.25, 0.3) is 0 Å². The van der Waals surface area contributed by atoms with Gasteiger partial charge in [-0.2, -0.15) is 0 Å². The van der Waals surface area contributed by atoms with Crippen LogP contribution in [-0.2, 0) is 0 Å². The van der Waals surface area contributed by atoms with Crippen LogP contribution in [0.2, 0.25) is 10.0 Å². The first-order chi connectivity index (χ1) is 8.63. The molecule has 1 unspecified atom stereocenters. The van der Waals surface area contributed by atoms with Crippen LogP contribution in [-0.4, -0.2) is 4.98 Å². The van der Waals surface area contributed by atoms with Crippen molar-refractivity contribution >= 4 is 23.2 Å². The molecular weight excluding hydrogens is 269 g/mol. The molecule has 2 aromatic rings. The Hall–Kier alpha value is -1.13. The molecule has 94 valence electrons. The molecule has 0 bridgehead atoms. The molecule has 1 atom stereocenters. The normalized spacial score (nSPS) is 12.4. The molecule has 0 aliphatic rings. The monoisotopic (exact) mass is 281 g/mol. The maximum Gasteiger partial charge on any atom is 0.0728 e. The Kier molecular flexibility index (Phi) is 4.19. The Morgan fingerprint density at radius 1 is 1.22 bits per heavy atom. The average molecular weight is 282 g/mol. The highest BCUT2D eigenvalue weighted by atomic mass is 35.5. The van der Waals surface area contributed by atoms with Crippen LogP contribution in [0.4, 0.5) is 0 Å². The maximum atomic E-state index is 6.03. The number of nitrogens with one attached hydrogen (secondary N) is 1. The largest absolute Gasteiger partial charge is 0.271 e. The molecule has 0 aliphatic heterocycles. The summed E-state index contributed by atoms with van der Waals surface area (Å²) in [6.07, 6.45) is 1.75. The number of hydrazine groups is 1. The second-order valence-electron chi connectivity index (χ2n) is 3.95. The number of aryl methyl sites for hydroxylation is 1. The summed E-state index contributed by atoms with van der Waals surface area (Å²) in [5, 5.41) is 1.04. The fourth-order valence-electron chi connectivity index (χ4n) is 1.86. The summed E-state index contributed by atoms with van der Waals surface area (Å²) < 4.78 is 0. The molecule has 1 aromatic carbocycles. The lowest BCUT2D eigenvalue weighted by molar-refractivity contribution is 0.630. The molecule has 2 rings (SSSR count). The summed E-state index contributed by atoms with van der Waals surface area (Å²) in [7, 11) is 0. The maximum absolute atomic E-state index is 6.03. The van der Waals surface area contributed by atoms with Crippen molar-refractivity contribution in [3.63, 3.8) is 0 Å². The second kappa shape index (κ2) is 5.67. The fourth-order valence-corrected chi connectivity index (χ4v) is 2.17. The van der Waals surface area contributed by atoms with Gasteiger partial charge in [0.25, 0.3) is 0 Å². The van der Waals surface area contributed by atoms with Gasteiger partial charge in [-0.25, -0.2) is 5.43 Å². The van der Waals surface area contributed by atoms with E-state index in [1.807, 2.05) is 25.1 Å². The van der Waals surface area contributed by atoms with Gasteiger partial charge in [0.15, 0.2) is 0 Å². The van der Waals surface area contributed by atoms with Crippen LogP contribution < -0.4 is 11.3 Å². The Balaban J connectivity index is 2.45. The van der Waals surface area contributed by atoms with Crippen LogP contribution in [0.15, 0.2) is 36.5 Å². The van der Waals surface area contributed by atoms with E-state index in [-0.39, 0.29) is 6.04 Å². The van der Waals surface area contributed by atoms with Gasteiger partial charge in [0.05, 0.1) is 16.1 Å². The minimum absolute atomic E-state index is 0.159. The predicted molar refractivity (Wildman–Crippen MR) is 74.6 cm³/mol. The van der Waals surface area contributed by atoms with Crippen molar-refractivity contribution in [1.82, 2.24) is 10.4 Å². The number of halogens is 2. The van der Waals surface area contributed by atoms with Crippen molar-refractivity contribution in [2.24, 2.45) is 5.84 Å². The van der Waals surface area contributed by atoms with Gasteiger partial charge in [0.1, 0.15) is 0 Å². The van der Waals surface area contributed by atoms with E-state index in [0.29, 0.717) is 10.0 Å². The Bertz CT molecular complexity index is 558. The minimum Gasteiger partial charge on any atom is -0.271 e. The van der Waals surface area contributed by atoms with Crippen LogP contribution >= 0.6 is 23.2 Å². The van der Waals surface area contributed by atoms with Crippen molar-refractivity contribution in [2.45, 2.75) is 13.0 Å². The first-order valence-electron chi connectivity index (χ1n) is 5.46. The highest BCUT2D eigenvalue weighted by Crippen LogP contribution is 2.29. The third kappa shape index (κ3) is 2.65. The van der Waals surface area contributed by atoms with Gasteiger partial charge in [-0.05, 0) is 36.2 Å². The van der Waals surface area contributed by atoms with Crippen molar-refractivity contribution < 1.29 is 0 Å². The standard InChI is InChI=1S/C13H13Cl2N3/c1-8-10(3-2-6-17-8)13(18-16)9-4-5-11(14)12(15)7-9/h2-7,13,18H,16H2,1H3. The molecule has 0 radical (unpaired) electrons. The molecule has 0 spiro atoms. The smallest absolute Gasteiger partial charge is 0.0728 e. The molecule has 18 heavy (non-hydrogen) atoms. The number of benzene rings is 1. The first kappa shape index (κ1) is 13.3. The van der Waals surface area contributed by atoms with Crippen molar-refractivity contribution in [2.75, 3.05) is 0 Å². The quantitative estimate of drug-likeness (QED) is 0.671. The van der Waals surface area contributed by atoms with E-state index < -0.39 is 0 Å². The van der Waals surface area contributed by atoms with E-state index >= 15 is 0 Å². The molecule has 3 N–H and O–H groups in total. The zero-order valence-electron chi connectivity index (χ0n) is 9.82. The molecule has 5 heteroatoms. The average Bonchev–Trinajstić information content (AvgIpc) is 2.37. The van der Waals surface area contributed by atoms with Gasteiger partial charge in [-0.15, -0.1) is 0 Å². The molecule has 0 amide bonds. The zero-order chi connectivity index (χ0) is 13.1. The predicted octanol–water partition coefficient (Wildman–Crippen LogP) is 3.25. The SMILES string of the molecule is Cc1ncccc1C(NN)c1ccc(Cl)c(Cl)c1. The highest BCUT2D eigenvalue weighted by Gasteiger charge is 2.15. The molecule has 0 aliphatic carbocycles. The zero-order valence-corrected chi connectivity index (χ0v) is 11.3. The molecule has 0 saturated carbocycles. The second-order valence-corrected chi connectivity index (χ2v) is 4.77. The number of nitrogens with two attached hydrogens (primary N) is 1. The van der Waals surface area contributed by atoms with Crippen molar-refractivity contribution in [3.8, 4) is 0 Å². The Morgan fingerprint density at radius 3 is 2.61 bits per heavy atom. The minimum atomic E-state index is -0.159. The van der Waals surface area contributed by atoms with E-state index in [2.05, 4.69) is 10.4 Å². The van der Waals surface area contributed by atoms with Crippen LogP contribution in [0.3, 0.4) is 0 Å². The third-order valence-electron chi connectivity index (χ3n) is 2.80. The summed E-state index contributed by atoms with van der Waals surface area (Å²) in [5.41, 5.74) is 5.66. The van der Waals surface area contributed by atoms with Gasteiger partial charge in [0.2, 0.25) is 0 Å². The van der Waals surface area contributed by atoms with Crippen LogP contribution in [0, 0.1) is 6.92 Å². The van der Waals surface area contributed by atoms with Crippen molar-refractivity contribution in [1.29, 1.82) is 0 Å². The van der Waals surface area contributed by atoms with Crippen molar-refractivity contribution in [3.05, 3.63) is 63.4 Å². The lowest BCUT2D eigenvalue weighted by Crippen LogP contribution is -2.29. The van der Waals surface area contributed by atoms with E-state index in [1.165, 1.54) is 0 Å². The fraction of sp³-hybridized carbons (Fsp3) is 0.154. The number of hydrogen-bond acceptors (Lipinski definition) is 3. The van der Waals surface area contributed by atoms with Crippen LogP contribution in [0.5, 0.6) is 0 Å². The summed E-state index contributed by atoms with van der Waals surface area (Å²) in [4.78, 5) is 4.26. The summed E-state index contributed by atoms with van der Waals surface area (Å²) in [6, 6.07) is 9.16. The molecule has 1 aromatic heterocycles. The van der Waals surface area contributed by atoms with Gasteiger partial charge >= 0.3 is 0 Å². The van der Waals surface area contributed by atoms with Gasteiger partial charge in [0, 0.05) is 11.9 Å². The third-order valence-corrected chi connectivity index (χ3v) is 3.54. The lowest BCUT2D eigenvalue weighted by atomic mass is 9.98. The topological polar surface area (TPSA) is 50.9 Å². The van der Waals surface area contributed by atoms with Crippen LogP contribution in [0.1, 0.15) is 22.9 Å². The van der Waals surface area contributed by atoms with Gasteiger partial charge in [-0.3, -0.25) is 10.8 Å². The lowest BCUT2D eigenvalue weighted by Gasteiger charge is -2.18. The van der Waals surface area contributed by atoms with E-state index in [9.17, 15) is 0 Å². The van der Waals surface area contributed by atoms with Gasteiger partial charge in [-0.1, -0.05) is 35.3 Å². The Morgan fingerprint density at radius 2 is 2.00 bits per heavy atom. The number of pyridine rings is 1. The molecule has 3 nitrogen and oxygen atoms in total. The molecular formula is C13H13Cl2N3. The number of hydrogen-bond donors (Lipinski definition) is 2. The summed E-state index contributed by atoms with van der Waals surface area (Å²) in [5.74, 6) is 5.64. The van der Waals surface area contributed by atoms with E-state index in [1.54, 1.807) is 18.3 Å². The highest BCUT2D eigenvalue weighted by molar-refractivity contribution is 6.42. The summed E-state index contributed by atoms with van der Waals surface area (Å²) in [6.45, 7) is 1.94. The number of aromatic nitrogens is 1. The van der Waals surface area contributed by atoms with E-state index in [4.69, 9.17) is 29.0 Å². The molecule has 1 heterocycles. The van der Waals surface area contributed by atoms with E-state index in [0.717, 1.165) is 16.8 Å². The Labute approximate surface area is 116 Å². The summed E-state index contributed by atoms with van der Waals surface area (Å²) >= 11 is 11.9. The van der Waals surface area contributed by atoms with Gasteiger partial charge < -0.3 is 0 Å². The number of nitrogens with zero attached hydrogens (tertiary/aromatic N) is 1. The molecule has 0 saturated heterocycles. The number of rotatable bonds is 3.